The molecule has 0 bridgehead atoms. The van der Waals surface area contributed by atoms with Crippen molar-refractivity contribution in [2.45, 2.75) is 6.42 Å². The number of benzene rings is 1. The Bertz CT molecular complexity index is 631. The van der Waals surface area contributed by atoms with Crippen molar-refractivity contribution in [1.82, 2.24) is 15.6 Å². The van der Waals surface area contributed by atoms with Crippen molar-refractivity contribution in [3.8, 4) is 0 Å². The lowest BCUT2D eigenvalue weighted by molar-refractivity contribution is -0.109. The SMILES string of the molecule is O=CNCCCNC(=O)c1cnc2ccc(F)cc2c1. The van der Waals surface area contributed by atoms with Crippen molar-refractivity contribution < 1.29 is 14.0 Å². The van der Waals surface area contributed by atoms with Crippen LogP contribution in [0.2, 0.25) is 0 Å². The van der Waals surface area contributed by atoms with Gasteiger partial charge in [0.25, 0.3) is 5.91 Å². The predicted molar refractivity (Wildman–Crippen MR) is 72.7 cm³/mol. The van der Waals surface area contributed by atoms with Crippen LogP contribution in [0, 0.1) is 5.82 Å². The fourth-order valence-corrected chi connectivity index (χ4v) is 1.78. The molecule has 2 N–H and O–H groups in total. The highest BCUT2D eigenvalue weighted by Crippen LogP contribution is 2.14. The minimum atomic E-state index is -0.364. The molecule has 0 aliphatic carbocycles. The number of aromatic nitrogens is 1. The third-order valence-electron chi connectivity index (χ3n) is 2.77. The Morgan fingerprint density at radius 3 is 2.95 bits per heavy atom. The van der Waals surface area contributed by atoms with Crippen LogP contribution in [0.25, 0.3) is 10.9 Å². The van der Waals surface area contributed by atoms with Crippen molar-refractivity contribution in [2.24, 2.45) is 0 Å². The van der Waals surface area contributed by atoms with Gasteiger partial charge in [-0.05, 0) is 30.7 Å². The Balaban J connectivity index is 2.01. The summed E-state index contributed by atoms with van der Waals surface area (Å²) >= 11 is 0. The molecule has 6 heteroatoms. The number of fused-ring (bicyclic) bond motifs is 1. The van der Waals surface area contributed by atoms with Crippen molar-refractivity contribution in [3.05, 3.63) is 41.8 Å². The van der Waals surface area contributed by atoms with Crippen LogP contribution < -0.4 is 10.6 Å². The third-order valence-corrected chi connectivity index (χ3v) is 2.77. The summed E-state index contributed by atoms with van der Waals surface area (Å²) in [6, 6.07) is 5.84. The molecule has 2 aromatic rings. The van der Waals surface area contributed by atoms with Gasteiger partial charge in [0.1, 0.15) is 5.82 Å². The summed E-state index contributed by atoms with van der Waals surface area (Å²) in [5, 5.41) is 5.80. The molecule has 20 heavy (non-hydrogen) atoms. The van der Waals surface area contributed by atoms with Gasteiger partial charge in [-0.3, -0.25) is 14.6 Å². The Kier molecular flexibility index (Phi) is 4.60. The molecule has 1 heterocycles. The molecule has 1 aromatic carbocycles. The number of amides is 2. The average Bonchev–Trinajstić information content (AvgIpc) is 2.46. The molecule has 104 valence electrons. The van der Waals surface area contributed by atoms with Crippen LogP contribution in [0.15, 0.2) is 30.5 Å². The first-order valence-electron chi connectivity index (χ1n) is 6.21. The van der Waals surface area contributed by atoms with Crippen LogP contribution in [-0.2, 0) is 4.79 Å². The van der Waals surface area contributed by atoms with E-state index in [0.29, 0.717) is 42.4 Å². The lowest BCUT2D eigenvalue weighted by Crippen LogP contribution is -2.27. The van der Waals surface area contributed by atoms with Gasteiger partial charge < -0.3 is 10.6 Å². The van der Waals surface area contributed by atoms with E-state index in [0.717, 1.165) is 0 Å². The number of hydrogen-bond acceptors (Lipinski definition) is 3. The first kappa shape index (κ1) is 13.9. The number of nitrogens with one attached hydrogen (secondary N) is 2. The zero-order valence-electron chi connectivity index (χ0n) is 10.7. The van der Waals surface area contributed by atoms with Gasteiger partial charge in [0.2, 0.25) is 6.41 Å². The second-order valence-corrected chi connectivity index (χ2v) is 4.24. The molecule has 0 radical (unpaired) electrons. The topological polar surface area (TPSA) is 71.1 Å². The van der Waals surface area contributed by atoms with Gasteiger partial charge in [-0.2, -0.15) is 0 Å². The van der Waals surface area contributed by atoms with E-state index in [9.17, 15) is 14.0 Å². The molecule has 0 saturated heterocycles. The monoisotopic (exact) mass is 275 g/mol. The van der Waals surface area contributed by atoms with Gasteiger partial charge in [-0.1, -0.05) is 0 Å². The van der Waals surface area contributed by atoms with E-state index in [1.54, 1.807) is 12.1 Å². The Labute approximate surface area is 115 Å². The molecular weight excluding hydrogens is 261 g/mol. The van der Waals surface area contributed by atoms with E-state index in [1.807, 2.05) is 0 Å². The minimum absolute atomic E-state index is 0.269. The van der Waals surface area contributed by atoms with Gasteiger partial charge in [0.15, 0.2) is 0 Å². The summed E-state index contributed by atoms with van der Waals surface area (Å²) in [6.45, 7) is 0.950. The van der Waals surface area contributed by atoms with Crippen LogP contribution in [-0.4, -0.2) is 30.4 Å². The zero-order valence-corrected chi connectivity index (χ0v) is 10.7. The minimum Gasteiger partial charge on any atom is -0.359 e. The lowest BCUT2D eigenvalue weighted by Gasteiger charge is -2.05. The molecule has 0 saturated carbocycles. The lowest BCUT2D eigenvalue weighted by atomic mass is 10.1. The van der Waals surface area contributed by atoms with Crippen molar-refractivity contribution in [3.63, 3.8) is 0 Å². The fraction of sp³-hybridized carbons (Fsp3) is 0.214. The second kappa shape index (κ2) is 6.60. The third kappa shape index (κ3) is 3.50. The number of carbonyl (C=O) groups is 2. The van der Waals surface area contributed by atoms with Gasteiger partial charge in [0.05, 0.1) is 11.1 Å². The highest BCUT2D eigenvalue weighted by molar-refractivity contribution is 5.97. The maximum absolute atomic E-state index is 13.1. The van der Waals surface area contributed by atoms with E-state index in [4.69, 9.17) is 0 Å². The standard InChI is InChI=1S/C14H14FN3O2/c15-12-2-3-13-10(7-12)6-11(8-18-13)14(20)17-5-1-4-16-9-19/h2-3,6-9H,1,4-5H2,(H,16,19)(H,17,20). The van der Waals surface area contributed by atoms with Crippen LogP contribution >= 0.6 is 0 Å². The van der Waals surface area contributed by atoms with Gasteiger partial charge in [-0.15, -0.1) is 0 Å². The number of nitrogens with zero attached hydrogens (tertiary/aromatic N) is 1. The normalized spacial score (nSPS) is 10.2. The summed E-state index contributed by atoms with van der Waals surface area (Å²) in [5.74, 6) is -0.633. The van der Waals surface area contributed by atoms with E-state index in [2.05, 4.69) is 15.6 Å². The van der Waals surface area contributed by atoms with Gasteiger partial charge in [0, 0.05) is 24.7 Å². The zero-order chi connectivity index (χ0) is 14.4. The molecule has 0 aliphatic rings. The average molecular weight is 275 g/mol. The molecule has 5 nitrogen and oxygen atoms in total. The van der Waals surface area contributed by atoms with Crippen molar-refractivity contribution in [1.29, 1.82) is 0 Å². The maximum atomic E-state index is 13.1. The van der Waals surface area contributed by atoms with Crippen LogP contribution in [0.1, 0.15) is 16.8 Å². The smallest absolute Gasteiger partial charge is 0.252 e. The van der Waals surface area contributed by atoms with Crippen molar-refractivity contribution >= 4 is 23.2 Å². The highest BCUT2D eigenvalue weighted by atomic mass is 19.1. The molecule has 0 atom stereocenters. The van der Waals surface area contributed by atoms with Gasteiger partial charge in [-0.25, -0.2) is 4.39 Å². The summed E-state index contributed by atoms with van der Waals surface area (Å²) in [4.78, 5) is 26.0. The summed E-state index contributed by atoms with van der Waals surface area (Å²) in [5.41, 5.74) is 1.02. The molecule has 0 aliphatic heterocycles. The Morgan fingerprint density at radius 1 is 1.30 bits per heavy atom. The van der Waals surface area contributed by atoms with E-state index in [-0.39, 0.29) is 11.7 Å². The Morgan fingerprint density at radius 2 is 2.15 bits per heavy atom. The summed E-state index contributed by atoms with van der Waals surface area (Å²) in [7, 11) is 0. The Hall–Kier alpha value is -2.50. The molecular formula is C14H14FN3O2. The largest absolute Gasteiger partial charge is 0.359 e. The molecule has 0 fully saturated rings. The van der Waals surface area contributed by atoms with Crippen LogP contribution in [0.4, 0.5) is 4.39 Å². The molecule has 1 aromatic heterocycles. The number of carbonyl (C=O) groups excluding carboxylic acids is 2. The van der Waals surface area contributed by atoms with Crippen LogP contribution in [0.3, 0.4) is 0 Å². The van der Waals surface area contributed by atoms with E-state index < -0.39 is 0 Å². The molecule has 2 amide bonds. The first-order valence-corrected chi connectivity index (χ1v) is 6.21. The maximum Gasteiger partial charge on any atom is 0.252 e. The first-order chi connectivity index (χ1) is 9.70. The van der Waals surface area contributed by atoms with Gasteiger partial charge >= 0.3 is 0 Å². The number of pyridine rings is 1. The molecule has 0 spiro atoms. The van der Waals surface area contributed by atoms with Crippen LogP contribution in [0.5, 0.6) is 0 Å². The number of halogens is 1. The molecule has 2 rings (SSSR count). The summed E-state index contributed by atoms with van der Waals surface area (Å²) in [6.07, 6.45) is 2.71. The van der Waals surface area contributed by atoms with E-state index in [1.165, 1.54) is 18.3 Å². The number of hydrogen-bond donors (Lipinski definition) is 2. The summed E-state index contributed by atoms with van der Waals surface area (Å²) < 4.78 is 13.1. The van der Waals surface area contributed by atoms with Crippen molar-refractivity contribution in [2.75, 3.05) is 13.1 Å². The van der Waals surface area contributed by atoms with E-state index >= 15 is 0 Å². The predicted octanol–water partition coefficient (Wildman–Crippen LogP) is 1.24. The number of rotatable bonds is 6. The second-order valence-electron chi connectivity index (χ2n) is 4.24. The molecule has 0 unspecified atom stereocenters. The quantitative estimate of drug-likeness (QED) is 0.615. The highest BCUT2D eigenvalue weighted by Gasteiger charge is 2.07. The fourth-order valence-electron chi connectivity index (χ4n) is 1.78.